The largest absolute Gasteiger partial charge is 0.482 e. The van der Waals surface area contributed by atoms with Gasteiger partial charge >= 0.3 is 5.69 Å². The Morgan fingerprint density at radius 2 is 2.10 bits per heavy atom. The van der Waals surface area contributed by atoms with Gasteiger partial charge in [0.05, 0.1) is 4.92 Å². The van der Waals surface area contributed by atoms with E-state index in [-0.39, 0.29) is 18.0 Å². The van der Waals surface area contributed by atoms with Gasteiger partial charge in [0.15, 0.2) is 5.75 Å². The van der Waals surface area contributed by atoms with Crippen LogP contribution in [0.3, 0.4) is 0 Å². The Balaban J connectivity index is 2.03. The molecule has 104 valence electrons. The number of anilines is 1. The fraction of sp³-hybridized carbons (Fsp3) is 0.214. The van der Waals surface area contributed by atoms with E-state index in [1.54, 1.807) is 24.4 Å². The molecule has 0 saturated carbocycles. The van der Waals surface area contributed by atoms with Crippen LogP contribution in [0, 0.1) is 10.1 Å². The van der Waals surface area contributed by atoms with Crippen molar-refractivity contribution in [3.63, 3.8) is 0 Å². The zero-order valence-corrected chi connectivity index (χ0v) is 11.1. The zero-order chi connectivity index (χ0) is 14.4. The Kier molecular flexibility index (Phi) is 4.49. The number of nitro groups is 1. The average Bonchev–Trinajstić information content (AvgIpc) is 2.47. The van der Waals surface area contributed by atoms with Crippen molar-refractivity contribution in [1.82, 2.24) is 4.98 Å². The molecule has 6 nitrogen and oxygen atoms in total. The second kappa shape index (κ2) is 6.51. The summed E-state index contributed by atoms with van der Waals surface area (Å²) in [4.78, 5) is 14.6. The van der Waals surface area contributed by atoms with Crippen LogP contribution in [0.25, 0.3) is 0 Å². The minimum atomic E-state index is -0.456. The lowest BCUT2D eigenvalue weighted by Crippen LogP contribution is -2.02. The van der Waals surface area contributed by atoms with Crippen molar-refractivity contribution in [3.8, 4) is 5.75 Å². The third-order valence-electron chi connectivity index (χ3n) is 2.64. The molecule has 1 heterocycles. The monoisotopic (exact) mass is 273 g/mol. The molecule has 1 aromatic carbocycles. The van der Waals surface area contributed by atoms with Gasteiger partial charge in [-0.05, 0) is 19.1 Å². The average molecular weight is 273 g/mol. The summed E-state index contributed by atoms with van der Waals surface area (Å²) >= 11 is 0. The summed E-state index contributed by atoms with van der Waals surface area (Å²) < 4.78 is 5.48. The molecule has 1 aromatic heterocycles. The van der Waals surface area contributed by atoms with Crippen LogP contribution in [0.5, 0.6) is 5.75 Å². The molecule has 0 bridgehead atoms. The van der Waals surface area contributed by atoms with Crippen LogP contribution in [0.4, 0.5) is 11.5 Å². The summed E-state index contributed by atoms with van der Waals surface area (Å²) in [7, 11) is 0. The lowest BCUT2D eigenvalue weighted by molar-refractivity contribution is -0.385. The van der Waals surface area contributed by atoms with Crippen LogP contribution in [0.2, 0.25) is 0 Å². The van der Waals surface area contributed by atoms with Crippen LogP contribution >= 0.6 is 0 Å². The highest BCUT2D eigenvalue weighted by Crippen LogP contribution is 2.26. The summed E-state index contributed by atoms with van der Waals surface area (Å²) in [6.07, 6.45) is 1.69. The number of benzene rings is 1. The summed E-state index contributed by atoms with van der Waals surface area (Å²) in [6, 6.07) is 10.0. The third-order valence-corrected chi connectivity index (χ3v) is 2.64. The topological polar surface area (TPSA) is 77.3 Å². The first-order valence-corrected chi connectivity index (χ1v) is 6.25. The lowest BCUT2D eigenvalue weighted by Gasteiger charge is -2.07. The van der Waals surface area contributed by atoms with E-state index in [0.29, 0.717) is 0 Å². The number of aromatic nitrogens is 1. The molecule has 2 rings (SSSR count). The molecule has 6 heteroatoms. The Bertz CT molecular complexity index is 584. The third kappa shape index (κ3) is 3.44. The number of rotatable bonds is 6. The Morgan fingerprint density at radius 3 is 2.75 bits per heavy atom. The van der Waals surface area contributed by atoms with Crippen molar-refractivity contribution in [2.75, 3.05) is 11.9 Å². The minimum Gasteiger partial charge on any atom is -0.482 e. The van der Waals surface area contributed by atoms with Gasteiger partial charge in [-0.1, -0.05) is 18.2 Å². The quantitative estimate of drug-likeness (QED) is 0.646. The minimum absolute atomic E-state index is 0.0373. The van der Waals surface area contributed by atoms with Crippen LogP contribution in [-0.2, 0) is 6.61 Å². The molecule has 0 atom stereocenters. The van der Waals surface area contributed by atoms with E-state index in [0.717, 1.165) is 17.9 Å². The number of hydrogen-bond donors (Lipinski definition) is 1. The second-order valence-electron chi connectivity index (χ2n) is 4.10. The summed E-state index contributed by atoms with van der Waals surface area (Å²) in [5.74, 6) is 1.05. The molecule has 0 aliphatic rings. The molecule has 2 aromatic rings. The van der Waals surface area contributed by atoms with E-state index < -0.39 is 4.92 Å². The fourth-order valence-electron chi connectivity index (χ4n) is 1.69. The smallest absolute Gasteiger partial charge is 0.310 e. The van der Waals surface area contributed by atoms with Gasteiger partial charge in [0.25, 0.3) is 0 Å². The molecule has 0 saturated heterocycles. The van der Waals surface area contributed by atoms with Crippen molar-refractivity contribution in [2.24, 2.45) is 0 Å². The number of nitrogens with one attached hydrogen (secondary N) is 1. The lowest BCUT2D eigenvalue weighted by atomic mass is 10.3. The number of para-hydroxylation sites is 2. The Labute approximate surface area is 116 Å². The maximum Gasteiger partial charge on any atom is 0.310 e. The number of pyridine rings is 1. The van der Waals surface area contributed by atoms with E-state index in [4.69, 9.17) is 4.74 Å². The Hall–Kier alpha value is -2.63. The van der Waals surface area contributed by atoms with Crippen molar-refractivity contribution in [3.05, 3.63) is 58.3 Å². The highest BCUT2D eigenvalue weighted by Gasteiger charge is 2.13. The highest BCUT2D eigenvalue weighted by atomic mass is 16.6. The molecular weight excluding hydrogens is 258 g/mol. The Morgan fingerprint density at radius 1 is 1.30 bits per heavy atom. The van der Waals surface area contributed by atoms with Crippen LogP contribution in [0.15, 0.2) is 42.6 Å². The van der Waals surface area contributed by atoms with Gasteiger partial charge in [-0.25, -0.2) is 4.98 Å². The van der Waals surface area contributed by atoms with E-state index >= 15 is 0 Å². The first kappa shape index (κ1) is 13.8. The second-order valence-corrected chi connectivity index (χ2v) is 4.10. The molecule has 0 amide bonds. The highest BCUT2D eigenvalue weighted by molar-refractivity contribution is 5.45. The predicted molar refractivity (Wildman–Crippen MR) is 75.8 cm³/mol. The maximum absolute atomic E-state index is 10.9. The first-order chi connectivity index (χ1) is 9.70. The normalized spacial score (nSPS) is 10.1. The van der Waals surface area contributed by atoms with Gasteiger partial charge in [0.2, 0.25) is 0 Å². The molecule has 0 fully saturated rings. The molecule has 0 aliphatic carbocycles. The number of nitro benzene ring substituents is 1. The maximum atomic E-state index is 10.9. The number of ether oxygens (including phenoxy) is 1. The molecule has 0 aliphatic heterocycles. The van der Waals surface area contributed by atoms with Crippen molar-refractivity contribution in [2.45, 2.75) is 13.5 Å². The molecule has 0 radical (unpaired) electrons. The number of hydrogen-bond acceptors (Lipinski definition) is 5. The van der Waals surface area contributed by atoms with E-state index in [1.807, 2.05) is 19.1 Å². The van der Waals surface area contributed by atoms with Gasteiger partial charge < -0.3 is 10.1 Å². The van der Waals surface area contributed by atoms with Crippen LogP contribution in [-0.4, -0.2) is 16.5 Å². The molecule has 0 spiro atoms. The van der Waals surface area contributed by atoms with Crippen molar-refractivity contribution < 1.29 is 9.66 Å². The zero-order valence-electron chi connectivity index (χ0n) is 11.1. The van der Waals surface area contributed by atoms with Gasteiger partial charge in [0.1, 0.15) is 12.4 Å². The molecule has 20 heavy (non-hydrogen) atoms. The SMILES string of the molecule is CCNc1ccc(COc2ccccc2[N+](=O)[O-])cn1. The standard InChI is InChI=1S/C14H15N3O3/c1-2-15-14-8-7-11(9-16-14)10-20-13-6-4-3-5-12(13)17(18)19/h3-9H,2,10H2,1H3,(H,15,16). The van der Waals surface area contributed by atoms with Crippen LogP contribution in [0.1, 0.15) is 12.5 Å². The van der Waals surface area contributed by atoms with E-state index in [9.17, 15) is 10.1 Å². The molecule has 1 N–H and O–H groups in total. The van der Waals surface area contributed by atoms with E-state index in [2.05, 4.69) is 10.3 Å². The van der Waals surface area contributed by atoms with Crippen molar-refractivity contribution in [1.29, 1.82) is 0 Å². The van der Waals surface area contributed by atoms with Crippen LogP contribution < -0.4 is 10.1 Å². The fourth-order valence-corrected chi connectivity index (χ4v) is 1.69. The summed E-state index contributed by atoms with van der Waals surface area (Å²) in [5, 5.41) is 13.9. The predicted octanol–water partition coefficient (Wildman–Crippen LogP) is 3.00. The van der Waals surface area contributed by atoms with Gasteiger partial charge in [-0.3, -0.25) is 10.1 Å². The number of nitrogens with zero attached hydrogens (tertiary/aromatic N) is 2. The first-order valence-electron chi connectivity index (χ1n) is 6.25. The van der Waals surface area contributed by atoms with E-state index in [1.165, 1.54) is 6.07 Å². The summed E-state index contributed by atoms with van der Waals surface area (Å²) in [6.45, 7) is 3.04. The van der Waals surface area contributed by atoms with Gasteiger partial charge in [0, 0.05) is 24.4 Å². The molecular formula is C14H15N3O3. The summed E-state index contributed by atoms with van der Waals surface area (Å²) in [5.41, 5.74) is 0.814. The van der Waals surface area contributed by atoms with Gasteiger partial charge in [-0.15, -0.1) is 0 Å². The van der Waals surface area contributed by atoms with Gasteiger partial charge in [-0.2, -0.15) is 0 Å². The molecule has 0 unspecified atom stereocenters. The van der Waals surface area contributed by atoms with Crippen molar-refractivity contribution >= 4 is 11.5 Å².